The molecule has 0 saturated heterocycles. The van der Waals surface area contributed by atoms with Crippen LogP contribution < -0.4 is 5.32 Å². The molecule has 8 nitrogen and oxygen atoms in total. The topological polar surface area (TPSA) is 89.1 Å². The molecular weight excluding hydrogens is 368 g/mol. The summed E-state index contributed by atoms with van der Waals surface area (Å²) in [4.78, 5) is 18.9. The molecule has 1 aromatic carbocycles. The van der Waals surface area contributed by atoms with Gasteiger partial charge in [-0.05, 0) is 44.9 Å². The lowest BCUT2D eigenvalue weighted by atomic mass is 10.1. The van der Waals surface area contributed by atoms with Crippen LogP contribution in [0.2, 0.25) is 0 Å². The summed E-state index contributed by atoms with van der Waals surface area (Å²) in [6.45, 7) is 9.59. The lowest BCUT2D eigenvalue weighted by Crippen LogP contribution is -2.36. The minimum absolute atomic E-state index is 0.0992. The number of nitrogens with one attached hydrogen (secondary N) is 1. The number of anilines is 2. The summed E-state index contributed by atoms with van der Waals surface area (Å²) in [7, 11) is 0. The van der Waals surface area contributed by atoms with Gasteiger partial charge >= 0.3 is 0 Å². The van der Waals surface area contributed by atoms with Crippen LogP contribution in [0.15, 0.2) is 22.7 Å². The summed E-state index contributed by atoms with van der Waals surface area (Å²) in [6, 6.07) is 6.12. The van der Waals surface area contributed by atoms with Gasteiger partial charge in [-0.3, -0.25) is 4.79 Å². The maximum Gasteiger partial charge on any atom is 0.224 e. The number of hydrogen-bond acceptors (Lipinski definition) is 6. The highest BCUT2D eigenvalue weighted by molar-refractivity contribution is 5.77. The van der Waals surface area contributed by atoms with Crippen LogP contribution in [0, 0.1) is 27.7 Å². The van der Waals surface area contributed by atoms with Crippen molar-refractivity contribution in [3.05, 3.63) is 52.3 Å². The molecule has 152 valence electrons. The summed E-state index contributed by atoms with van der Waals surface area (Å²) >= 11 is 0. The zero-order valence-corrected chi connectivity index (χ0v) is 17.3. The molecule has 3 heterocycles. The average Bonchev–Trinajstić information content (AvgIpc) is 3.25. The molecule has 0 saturated carbocycles. The highest BCUT2D eigenvalue weighted by Crippen LogP contribution is 2.30. The van der Waals surface area contributed by atoms with Crippen molar-refractivity contribution < 1.29 is 9.32 Å². The van der Waals surface area contributed by atoms with E-state index in [0.29, 0.717) is 38.3 Å². The summed E-state index contributed by atoms with van der Waals surface area (Å²) in [5.41, 5.74) is 4.34. The Labute approximate surface area is 169 Å². The van der Waals surface area contributed by atoms with Crippen LogP contribution in [0.5, 0.6) is 0 Å². The van der Waals surface area contributed by atoms with Gasteiger partial charge in [0.1, 0.15) is 17.4 Å². The van der Waals surface area contributed by atoms with Crippen LogP contribution in [0.25, 0.3) is 0 Å². The zero-order valence-electron chi connectivity index (χ0n) is 17.3. The number of carbonyl (C=O) groups is 1. The molecule has 1 N–H and O–H groups in total. The van der Waals surface area contributed by atoms with Crippen LogP contribution in [-0.2, 0) is 24.3 Å². The van der Waals surface area contributed by atoms with E-state index in [9.17, 15) is 4.79 Å². The van der Waals surface area contributed by atoms with Crippen molar-refractivity contribution in [2.75, 3.05) is 11.9 Å². The van der Waals surface area contributed by atoms with Crippen LogP contribution in [-0.4, -0.2) is 37.3 Å². The van der Waals surface area contributed by atoms with Crippen molar-refractivity contribution in [1.29, 1.82) is 0 Å². The van der Waals surface area contributed by atoms with E-state index in [4.69, 9.17) is 4.52 Å². The lowest BCUT2D eigenvalue weighted by molar-refractivity contribution is -0.132. The van der Waals surface area contributed by atoms with E-state index in [1.54, 1.807) is 4.68 Å². The molecule has 4 rings (SSSR count). The predicted molar refractivity (Wildman–Crippen MR) is 109 cm³/mol. The van der Waals surface area contributed by atoms with Gasteiger partial charge in [-0.2, -0.15) is 5.10 Å². The Hall–Kier alpha value is -3.16. The first kappa shape index (κ1) is 19.2. The third-order valence-corrected chi connectivity index (χ3v) is 5.54. The molecule has 2 aromatic heterocycles. The monoisotopic (exact) mass is 394 g/mol. The van der Waals surface area contributed by atoms with Gasteiger partial charge in [-0.25, -0.2) is 9.67 Å². The van der Waals surface area contributed by atoms with Gasteiger partial charge in [0.05, 0.1) is 18.7 Å². The third kappa shape index (κ3) is 3.87. The standard InChI is InChI=1S/C21H26N6O2/c1-13-6-5-7-18(14(13)2)23-21-17-12-26(10-8-19(17)29-25-21)20(28)9-11-27-16(4)22-15(3)24-27/h5-7H,8-12H2,1-4H3,(H,23,25). The summed E-state index contributed by atoms with van der Waals surface area (Å²) < 4.78 is 7.32. The molecule has 0 radical (unpaired) electrons. The molecule has 0 unspecified atom stereocenters. The minimum Gasteiger partial charge on any atom is -0.359 e. The van der Waals surface area contributed by atoms with Gasteiger partial charge in [0.15, 0.2) is 5.82 Å². The zero-order chi connectivity index (χ0) is 20.5. The molecule has 0 atom stereocenters. The van der Waals surface area contributed by atoms with Crippen molar-refractivity contribution in [3.8, 4) is 0 Å². The van der Waals surface area contributed by atoms with E-state index in [2.05, 4.69) is 40.5 Å². The van der Waals surface area contributed by atoms with E-state index < -0.39 is 0 Å². The van der Waals surface area contributed by atoms with E-state index in [-0.39, 0.29) is 5.91 Å². The molecule has 29 heavy (non-hydrogen) atoms. The molecule has 1 aliphatic heterocycles. The first-order chi connectivity index (χ1) is 13.9. The second-order valence-electron chi connectivity index (χ2n) is 7.55. The number of nitrogens with zero attached hydrogens (tertiary/aromatic N) is 5. The Balaban J connectivity index is 1.45. The molecule has 3 aromatic rings. The van der Waals surface area contributed by atoms with Gasteiger partial charge in [0.2, 0.25) is 5.91 Å². The highest BCUT2D eigenvalue weighted by Gasteiger charge is 2.27. The largest absolute Gasteiger partial charge is 0.359 e. The minimum atomic E-state index is 0.0992. The van der Waals surface area contributed by atoms with Gasteiger partial charge in [-0.15, -0.1) is 0 Å². The van der Waals surface area contributed by atoms with Crippen molar-refractivity contribution in [1.82, 2.24) is 24.8 Å². The van der Waals surface area contributed by atoms with Crippen molar-refractivity contribution in [2.45, 2.75) is 53.6 Å². The van der Waals surface area contributed by atoms with Crippen LogP contribution in [0.3, 0.4) is 0 Å². The van der Waals surface area contributed by atoms with E-state index >= 15 is 0 Å². The molecule has 8 heteroatoms. The number of aryl methyl sites for hydroxylation is 4. The Bertz CT molecular complexity index is 1050. The van der Waals surface area contributed by atoms with Gasteiger partial charge in [-0.1, -0.05) is 17.3 Å². The second-order valence-corrected chi connectivity index (χ2v) is 7.55. The number of amides is 1. The van der Waals surface area contributed by atoms with Gasteiger partial charge in [0.25, 0.3) is 0 Å². The summed E-state index contributed by atoms with van der Waals surface area (Å²) in [5.74, 6) is 3.19. The number of hydrogen-bond donors (Lipinski definition) is 1. The number of benzene rings is 1. The second kappa shape index (κ2) is 7.69. The Kier molecular flexibility index (Phi) is 5.08. The fraction of sp³-hybridized carbons (Fsp3) is 0.429. The van der Waals surface area contributed by atoms with Crippen molar-refractivity contribution in [3.63, 3.8) is 0 Å². The molecule has 0 spiro atoms. The molecule has 0 bridgehead atoms. The maximum atomic E-state index is 12.8. The van der Waals surface area contributed by atoms with Crippen LogP contribution >= 0.6 is 0 Å². The van der Waals surface area contributed by atoms with Crippen LogP contribution in [0.4, 0.5) is 11.5 Å². The normalized spacial score (nSPS) is 13.4. The SMILES string of the molecule is Cc1nc(C)n(CCC(=O)N2CCc3onc(Nc4cccc(C)c4C)c3C2)n1. The summed E-state index contributed by atoms with van der Waals surface area (Å²) in [6.07, 6.45) is 1.06. The smallest absolute Gasteiger partial charge is 0.224 e. The third-order valence-electron chi connectivity index (χ3n) is 5.54. The molecule has 0 aliphatic carbocycles. The van der Waals surface area contributed by atoms with Crippen LogP contribution in [0.1, 0.15) is 40.5 Å². The number of aromatic nitrogens is 4. The molecular formula is C21H26N6O2. The quantitative estimate of drug-likeness (QED) is 0.715. The van der Waals surface area contributed by atoms with Gasteiger partial charge < -0.3 is 14.7 Å². The summed E-state index contributed by atoms with van der Waals surface area (Å²) in [5, 5.41) is 11.9. The van der Waals surface area contributed by atoms with Crippen molar-refractivity contribution >= 4 is 17.4 Å². The number of carbonyl (C=O) groups excluding carboxylic acids is 1. The van der Waals surface area contributed by atoms with E-state index in [1.807, 2.05) is 30.9 Å². The predicted octanol–water partition coefficient (Wildman–Crippen LogP) is 3.22. The van der Waals surface area contributed by atoms with Gasteiger partial charge in [0, 0.05) is 25.1 Å². The first-order valence-electron chi connectivity index (χ1n) is 9.89. The van der Waals surface area contributed by atoms with Crippen molar-refractivity contribution in [2.24, 2.45) is 0 Å². The van der Waals surface area contributed by atoms with E-state index in [1.165, 1.54) is 11.1 Å². The maximum absolute atomic E-state index is 12.8. The fourth-order valence-corrected chi connectivity index (χ4v) is 3.67. The highest BCUT2D eigenvalue weighted by atomic mass is 16.5. The van der Waals surface area contributed by atoms with E-state index in [0.717, 1.165) is 28.7 Å². The fourth-order valence-electron chi connectivity index (χ4n) is 3.67. The average molecular weight is 394 g/mol. The Morgan fingerprint density at radius 2 is 2.07 bits per heavy atom. The lowest BCUT2D eigenvalue weighted by Gasteiger charge is -2.26. The Morgan fingerprint density at radius 3 is 2.83 bits per heavy atom. The molecule has 0 fully saturated rings. The molecule has 1 aliphatic rings. The molecule has 1 amide bonds. The Morgan fingerprint density at radius 1 is 1.24 bits per heavy atom. The number of rotatable bonds is 5. The first-order valence-corrected chi connectivity index (χ1v) is 9.89. The number of fused-ring (bicyclic) bond motifs is 1.